The van der Waals surface area contributed by atoms with Gasteiger partial charge in [0.05, 0.1) is 6.42 Å². The molecule has 25 heavy (non-hydrogen) atoms. The summed E-state index contributed by atoms with van der Waals surface area (Å²) in [4.78, 5) is 14.3. The SMILES string of the molecule is CN(C(=O)Cc1cccc(OCc2ccccc2Cl)c1)C1CCNC1. The van der Waals surface area contributed by atoms with E-state index in [1.165, 1.54) is 0 Å². The molecule has 0 aromatic heterocycles. The lowest BCUT2D eigenvalue weighted by molar-refractivity contribution is -0.130. The van der Waals surface area contributed by atoms with Gasteiger partial charge in [-0.15, -0.1) is 0 Å². The Hall–Kier alpha value is -2.04. The Bertz CT molecular complexity index is 729. The lowest BCUT2D eigenvalue weighted by atomic mass is 10.1. The molecule has 1 saturated heterocycles. The molecule has 2 aromatic rings. The number of amides is 1. The van der Waals surface area contributed by atoms with E-state index in [2.05, 4.69) is 5.32 Å². The summed E-state index contributed by atoms with van der Waals surface area (Å²) in [5.41, 5.74) is 1.90. The van der Waals surface area contributed by atoms with Gasteiger partial charge in [0.15, 0.2) is 0 Å². The Balaban J connectivity index is 1.59. The number of halogens is 1. The predicted molar refractivity (Wildman–Crippen MR) is 100.0 cm³/mol. The highest BCUT2D eigenvalue weighted by Gasteiger charge is 2.23. The van der Waals surface area contributed by atoms with Crippen LogP contribution in [-0.2, 0) is 17.8 Å². The van der Waals surface area contributed by atoms with Gasteiger partial charge in [-0.1, -0.05) is 41.9 Å². The minimum atomic E-state index is 0.136. The Kier molecular flexibility index (Phi) is 5.95. The number of hydrogen-bond donors (Lipinski definition) is 1. The normalized spacial score (nSPS) is 16.6. The number of rotatable bonds is 6. The molecule has 0 saturated carbocycles. The third-order valence-corrected chi connectivity index (χ3v) is 4.95. The number of nitrogens with one attached hydrogen (secondary N) is 1. The molecule has 132 valence electrons. The van der Waals surface area contributed by atoms with Crippen molar-refractivity contribution in [3.63, 3.8) is 0 Å². The van der Waals surface area contributed by atoms with E-state index in [-0.39, 0.29) is 5.91 Å². The molecule has 1 heterocycles. The van der Waals surface area contributed by atoms with Gasteiger partial charge < -0.3 is 15.0 Å². The number of ether oxygens (including phenoxy) is 1. The molecule has 0 aliphatic carbocycles. The third-order valence-electron chi connectivity index (χ3n) is 4.58. The van der Waals surface area contributed by atoms with Gasteiger partial charge in [-0.3, -0.25) is 4.79 Å². The van der Waals surface area contributed by atoms with Crippen LogP contribution in [0.1, 0.15) is 17.5 Å². The molecule has 0 bridgehead atoms. The Morgan fingerprint density at radius 2 is 2.12 bits per heavy atom. The molecule has 1 aliphatic rings. The number of hydrogen-bond acceptors (Lipinski definition) is 3. The summed E-state index contributed by atoms with van der Waals surface area (Å²) in [5, 5.41) is 3.99. The van der Waals surface area contributed by atoms with Crippen LogP contribution in [0.4, 0.5) is 0 Å². The summed E-state index contributed by atoms with van der Waals surface area (Å²) < 4.78 is 5.84. The first-order chi connectivity index (χ1) is 12.1. The van der Waals surface area contributed by atoms with E-state index in [4.69, 9.17) is 16.3 Å². The van der Waals surface area contributed by atoms with Crippen LogP contribution in [-0.4, -0.2) is 37.0 Å². The summed E-state index contributed by atoms with van der Waals surface area (Å²) in [6, 6.07) is 15.6. The van der Waals surface area contributed by atoms with Crippen LogP contribution in [0.15, 0.2) is 48.5 Å². The average Bonchev–Trinajstić information content (AvgIpc) is 3.15. The molecular formula is C20H23ClN2O2. The van der Waals surface area contributed by atoms with Gasteiger partial charge in [-0.2, -0.15) is 0 Å². The van der Waals surface area contributed by atoms with Crippen molar-refractivity contribution in [2.45, 2.75) is 25.5 Å². The monoisotopic (exact) mass is 358 g/mol. The van der Waals surface area contributed by atoms with Gasteiger partial charge in [0.2, 0.25) is 5.91 Å². The van der Waals surface area contributed by atoms with Crippen molar-refractivity contribution >= 4 is 17.5 Å². The highest BCUT2D eigenvalue weighted by molar-refractivity contribution is 6.31. The van der Waals surface area contributed by atoms with E-state index in [1.54, 1.807) is 0 Å². The number of likely N-dealkylation sites (N-methyl/N-ethyl adjacent to an activating group) is 1. The maximum absolute atomic E-state index is 12.5. The van der Waals surface area contributed by atoms with Crippen LogP contribution in [0.5, 0.6) is 5.75 Å². The van der Waals surface area contributed by atoms with Crippen molar-refractivity contribution in [3.05, 3.63) is 64.7 Å². The molecule has 1 atom stereocenters. The van der Waals surface area contributed by atoms with Gasteiger partial charge in [-0.05, 0) is 36.7 Å². The largest absolute Gasteiger partial charge is 0.489 e. The molecule has 5 heteroatoms. The molecule has 2 aromatic carbocycles. The molecule has 1 fully saturated rings. The first-order valence-corrected chi connectivity index (χ1v) is 8.93. The van der Waals surface area contributed by atoms with Crippen molar-refractivity contribution in [2.75, 3.05) is 20.1 Å². The summed E-state index contributed by atoms with van der Waals surface area (Å²) >= 11 is 6.15. The Morgan fingerprint density at radius 3 is 2.88 bits per heavy atom. The van der Waals surface area contributed by atoms with Gasteiger partial charge in [-0.25, -0.2) is 0 Å². The van der Waals surface area contributed by atoms with Crippen molar-refractivity contribution in [1.29, 1.82) is 0 Å². The van der Waals surface area contributed by atoms with Crippen LogP contribution in [0, 0.1) is 0 Å². The number of benzene rings is 2. The van der Waals surface area contributed by atoms with Crippen LogP contribution < -0.4 is 10.1 Å². The van der Waals surface area contributed by atoms with Crippen LogP contribution in [0.3, 0.4) is 0 Å². The molecule has 0 spiro atoms. The van der Waals surface area contributed by atoms with Gasteiger partial charge in [0.25, 0.3) is 0 Å². The second-order valence-corrected chi connectivity index (χ2v) is 6.76. The summed E-state index contributed by atoms with van der Waals surface area (Å²) in [7, 11) is 1.89. The van der Waals surface area contributed by atoms with Crippen LogP contribution in [0.2, 0.25) is 5.02 Å². The van der Waals surface area contributed by atoms with Crippen molar-refractivity contribution in [1.82, 2.24) is 10.2 Å². The van der Waals surface area contributed by atoms with E-state index in [0.717, 1.165) is 36.4 Å². The fraction of sp³-hybridized carbons (Fsp3) is 0.350. The van der Waals surface area contributed by atoms with Crippen LogP contribution >= 0.6 is 11.6 Å². The lowest BCUT2D eigenvalue weighted by Gasteiger charge is -2.23. The van der Waals surface area contributed by atoms with Gasteiger partial charge >= 0.3 is 0 Å². The number of carbonyl (C=O) groups excluding carboxylic acids is 1. The zero-order valence-electron chi connectivity index (χ0n) is 14.4. The maximum atomic E-state index is 12.5. The number of carbonyl (C=O) groups is 1. The van der Waals surface area contributed by atoms with E-state index in [0.29, 0.717) is 24.1 Å². The molecule has 1 amide bonds. The zero-order chi connectivity index (χ0) is 17.6. The fourth-order valence-electron chi connectivity index (χ4n) is 2.99. The molecule has 1 unspecified atom stereocenters. The van der Waals surface area contributed by atoms with E-state index in [9.17, 15) is 4.79 Å². The molecule has 1 N–H and O–H groups in total. The van der Waals surface area contributed by atoms with Crippen LogP contribution in [0.25, 0.3) is 0 Å². The Morgan fingerprint density at radius 1 is 1.28 bits per heavy atom. The second-order valence-electron chi connectivity index (χ2n) is 6.36. The molecule has 4 nitrogen and oxygen atoms in total. The lowest BCUT2D eigenvalue weighted by Crippen LogP contribution is -2.39. The van der Waals surface area contributed by atoms with Crippen molar-refractivity contribution < 1.29 is 9.53 Å². The van der Waals surface area contributed by atoms with E-state index in [1.807, 2.05) is 60.5 Å². The van der Waals surface area contributed by atoms with Gasteiger partial charge in [0, 0.05) is 30.2 Å². The zero-order valence-corrected chi connectivity index (χ0v) is 15.1. The first-order valence-electron chi connectivity index (χ1n) is 8.55. The summed E-state index contributed by atoms with van der Waals surface area (Å²) in [6.07, 6.45) is 1.40. The van der Waals surface area contributed by atoms with Crippen molar-refractivity contribution in [2.24, 2.45) is 0 Å². The minimum absolute atomic E-state index is 0.136. The van der Waals surface area contributed by atoms with Gasteiger partial charge in [0.1, 0.15) is 12.4 Å². The minimum Gasteiger partial charge on any atom is -0.489 e. The quantitative estimate of drug-likeness (QED) is 0.861. The topological polar surface area (TPSA) is 41.6 Å². The second kappa shape index (κ2) is 8.37. The van der Waals surface area contributed by atoms with E-state index >= 15 is 0 Å². The Labute approximate surface area is 153 Å². The predicted octanol–water partition coefficient (Wildman–Crippen LogP) is 3.28. The standard InChI is InChI=1S/C20H23ClN2O2/c1-23(17-9-10-22-13-17)20(24)12-15-5-4-7-18(11-15)25-14-16-6-2-3-8-19(16)21/h2-8,11,17,22H,9-10,12-14H2,1H3. The summed E-state index contributed by atoms with van der Waals surface area (Å²) in [5.74, 6) is 0.882. The molecular weight excluding hydrogens is 336 g/mol. The highest BCUT2D eigenvalue weighted by atomic mass is 35.5. The number of nitrogens with zero attached hydrogens (tertiary/aromatic N) is 1. The third kappa shape index (κ3) is 4.74. The average molecular weight is 359 g/mol. The fourth-order valence-corrected chi connectivity index (χ4v) is 3.19. The first kappa shape index (κ1) is 17.8. The van der Waals surface area contributed by atoms with E-state index < -0.39 is 0 Å². The van der Waals surface area contributed by atoms with Crippen molar-refractivity contribution in [3.8, 4) is 5.75 Å². The highest BCUT2D eigenvalue weighted by Crippen LogP contribution is 2.20. The molecule has 1 aliphatic heterocycles. The smallest absolute Gasteiger partial charge is 0.227 e. The molecule has 0 radical (unpaired) electrons. The summed E-state index contributed by atoms with van der Waals surface area (Å²) in [6.45, 7) is 2.27. The maximum Gasteiger partial charge on any atom is 0.227 e. The molecule has 3 rings (SSSR count).